The number of carbonyl (C=O) groups is 2. The average Bonchev–Trinajstić information content (AvgIpc) is 2.52. The molecule has 0 aliphatic rings. The van der Waals surface area contributed by atoms with Crippen LogP contribution < -0.4 is 5.43 Å². The summed E-state index contributed by atoms with van der Waals surface area (Å²) in [6.07, 6.45) is 11.1. The number of rotatable bonds is 15. The third kappa shape index (κ3) is 12.0. The van der Waals surface area contributed by atoms with Crippen LogP contribution in [0.15, 0.2) is 0 Å². The number of nitrogens with zero attached hydrogens (tertiary/aromatic N) is 1. The van der Waals surface area contributed by atoms with Crippen LogP contribution in [0.2, 0.25) is 0 Å². The van der Waals surface area contributed by atoms with Gasteiger partial charge in [0, 0.05) is 13.0 Å². The van der Waals surface area contributed by atoms with Crippen LogP contribution in [0, 0.1) is 0 Å². The fourth-order valence-corrected chi connectivity index (χ4v) is 2.40. The molecule has 1 atom stereocenters. The summed E-state index contributed by atoms with van der Waals surface area (Å²) in [5.41, 5.74) is 2.58. The number of hydrazine groups is 1. The minimum Gasteiger partial charge on any atom is -0.480 e. The van der Waals surface area contributed by atoms with Crippen LogP contribution in [0.1, 0.15) is 78.1 Å². The lowest BCUT2D eigenvalue weighted by Gasteiger charge is -2.25. The number of aliphatic carboxylic acids is 1. The van der Waals surface area contributed by atoms with Crippen LogP contribution in [-0.4, -0.2) is 46.3 Å². The van der Waals surface area contributed by atoms with Crippen LogP contribution >= 0.6 is 0 Å². The molecule has 0 heterocycles. The molecule has 0 unspecified atom stereocenters. The maximum Gasteiger partial charge on any atom is 0.322 e. The second-order valence-electron chi connectivity index (χ2n) is 6.04. The first-order chi connectivity index (χ1) is 11.0. The molecular weight excluding hydrogens is 296 g/mol. The summed E-state index contributed by atoms with van der Waals surface area (Å²) in [5, 5.41) is 19.2. The highest BCUT2D eigenvalue weighted by atomic mass is 16.4. The van der Waals surface area contributed by atoms with Gasteiger partial charge in [0.25, 0.3) is 0 Å². The number of nitrogens with one attached hydrogen (secondary N) is 1. The van der Waals surface area contributed by atoms with E-state index in [9.17, 15) is 9.59 Å². The average molecular weight is 330 g/mol. The maximum absolute atomic E-state index is 11.8. The Morgan fingerprint density at radius 2 is 1.52 bits per heavy atom. The van der Waals surface area contributed by atoms with E-state index in [0.717, 1.165) is 19.3 Å². The fourth-order valence-electron chi connectivity index (χ4n) is 2.40. The second-order valence-corrected chi connectivity index (χ2v) is 6.04. The number of hydrogen-bond acceptors (Lipinski definition) is 4. The Bertz CT molecular complexity index is 324. The number of amides is 1. The minimum absolute atomic E-state index is 0.108. The van der Waals surface area contributed by atoms with Gasteiger partial charge < -0.3 is 10.2 Å². The maximum atomic E-state index is 11.8. The van der Waals surface area contributed by atoms with E-state index < -0.39 is 12.0 Å². The number of hydrogen-bond donors (Lipinski definition) is 3. The predicted octanol–water partition coefficient (Wildman–Crippen LogP) is 2.71. The Morgan fingerprint density at radius 1 is 1.00 bits per heavy atom. The molecule has 0 fully saturated rings. The number of aliphatic hydroxyl groups excluding tert-OH is 1. The first-order valence-electron chi connectivity index (χ1n) is 8.92. The van der Waals surface area contributed by atoms with Gasteiger partial charge in [-0.05, 0) is 13.3 Å². The third-order valence-electron chi connectivity index (χ3n) is 3.94. The Hall–Kier alpha value is -1.14. The van der Waals surface area contributed by atoms with Crippen molar-refractivity contribution in [3.8, 4) is 0 Å². The first kappa shape index (κ1) is 21.9. The Balaban J connectivity index is 3.73. The molecule has 0 spiro atoms. The van der Waals surface area contributed by atoms with Gasteiger partial charge in [-0.25, -0.2) is 5.01 Å². The van der Waals surface area contributed by atoms with Crippen LogP contribution in [-0.2, 0) is 9.59 Å². The molecule has 6 nitrogen and oxygen atoms in total. The minimum atomic E-state index is -1.03. The molecule has 0 aliphatic carbocycles. The van der Waals surface area contributed by atoms with Gasteiger partial charge in [0.15, 0.2) is 0 Å². The van der Waals surface area contributed by atoms with Crippen molar-refractivity contribution in [2.45, 2.75) is 84.1 Å². The van der Waals surface area contributed by atoms with E-state index >= 15 is 0 Å². The van der Waals surface area contributed by atoms with Crippen molar-refractivity contribution in [3.05, 3.63) is 0 Å². The van der Waals surface area contributed by atoms with Crippen molar-refractivity contribution >= 4 is 11.9 Å². The van der Waals surface area contributed by atoms with E-state index in [1.807, 2.05) is 0 Å². The summed E-state index contributed by atoms with van der Waals surface area (Å²) in [6.45, 7) is 3.60. The van der Waals surface area contributed by atoms with Crippen molar-refractivity contribution in [3.63, 3.8) is 0 Å². The molecule has 3 N–H and O–H groups in total. The summed E-state index contributed by atoms with van der Waals surface area (Å²) in [7, 11) is 0. The van der Waals surface area contributed by atoms with Crippen molar-refractivity contribution in [1.29, 1.82) is 0 Å². The van der Waals surface area contributed by atoms with Gasteiger partial charge in [0.1, 0.15) is 6.04 Å². The standard InChI is InChI=1S/C17H34N2O4/c1-3-4-5-6-7-8-9-10-11-12-16(21)18-19(13-14-20)15(2)17(22)23/h15,20H,3-14H2,1-2H3,(H,18,21)(H,22,23)/t15-/m0/s1. The number of carboxylic acid groups (broad SMARTS) is 1. The molecule has 6 heteroatoms. The lowest BCUT2D eigenvalue weighted by Crippen LogP contribution is -2.51. The highest BCUT2D eigenvalue weighted by Crippen LogP contribution is 2.10. The molecule has 0 saturated carbocycles. The van der Waals surface area contributed by atoms with Gasteiger partial charge in [0.05, 0.1) is 6.61 Å². The smallest absolute Gasteiger partial charge is 0.322 e. The zero-order chi connectivity index (χ0) is 17.5. The van der Waals surface area contributed by atoms with E-state index in [0.29, 0.717) is 6.42 Å². The molecule has 0 aromatic carbocycles. The fraction of sp³-hybridized carbons (Fsp3) is 0.882. The summed E-state index contributed by atoms with van der Waals surface area (Å²) in [4.78, 5) is 22.8. The van der Waals surface area contributed by atoms with Crippen LogP contribution in [0.25, 0.3) is 0 Å². The molecule has 1 amide bonds. The summed E-state index contributed by atoms with van der Waals surface area (Å²) in [5.74, 6) is -1.21. The molecule has 136 valence electrons. The van der Waals surface area contributed by atoms with Gasteiger partial charge in [-0.15, -0.1) is 0 Å². The van der Waals surface area contributed by atoms with Crippen LogP contribution in [0.4, 0.5) is 0 Å². The van der Waals surface area contributed by atoms with Gasteiger partial charge in [0.2, 0.25) is 5.91 Å². The van der Waals surface area contributed by atoms with Crippen molar-refractivity contribution in [1.82, 2.24) is 10.4 Å². The molecule has 0 aliphatic heterocycles. The molecule has 0 aromatic heterocycles. The Labute approximate surface area is 140 Å². The topological polar surface area (TPSA) is 89.9 Å². The van der Waals surface area contributed by atoms with E-state index in [1.165, 1.54) is 50.5 Å². The van der Waals surface area contributed by atoms with Gasteiger partial charge in [-0.2, -0.15) is 0 Å². The van der Waals surface area contributed by atoms with Crippen molar-refractivity contribution in [2.24, 2.45) is 0 Å². The normalized spacial score (nSPS) is 12.3. The highest BCUT2D eigenvalue weighted by molar-refractivity contribution is 5.77. The summed E-state index contributed by atoms with van der Waals surface area (Å²) < 4.78 is 0. The van der Waals surface area contributed by atoms with E-state index in [4.69, 9.17) is 10.2 Å². The Kier molecular flexibility index (Phi) is 13.7. The summed E-state index contributed by atoms with van der Waals surface area (Å²) >= 11 is 0. The molecular formula is C17H34N2O4. The molecule has 23 heavy (non-hydrogen) atoms. The van der Waals surface area contributed by atoms with E-state index in [-0.39, 0.29) is 19.1 Å². The number of carbonyl (C=O) groups excluding carboxylic acids is 1. The molecule has 0 rings (SSSR count). The number of unbranched alkanes of at least 4 members (excludes halogenated alkanes) is 8. The van der Waals surface area contributed by atoms with Gasteiger partial charge in [-0.3, -0.25) is 15.0 Å². The largest absolute Gasteiger partial charge is 0.480 e. The quantitative estimate of drug-likeness (QED) is 0.317. The van der Waals surface area contributed by atoms with Crippen LogP contribution in [0.5, 0.6) is 0 Å². The van der Waals surface area contributed by atoms with E-state index in [2.05, 4.69) is 12.3 Å². The lowest BCUT2D eigenvalue weighted by atomic mass is 10.1. The zero-order valence-electron chi connectivity index (χ0n) is 14.7. The van der Waals surface area contributed by atoms with Gasteiger partial charge >= 0.3 is 5.97 Å². The van der Waals surface area contributed by atoms with Gasteiger partial charge in [-0.1, -0.05) is 58.3 Å². The van der Waals surface area contributed by atoms with Crippen molar-refractivity contribution < 1.29 is 19.8 Å². The first-order valence-corrected chi connectivity index (χ1v) is 8.92. The molecule has 0 saturated heterocycles. The predicted molar refractivity (Wildman–Crippen MR) is 90.9 cm³/mol. The lowest BCUT2D eigenvalue weighted by molar-refractivity contribution is -0.145. The highest BCUT2D eigenvalue weighted by Gasteiger charge is 2.21. The summed E-state index contributed by atoms with van der Waals surface area (Å²) in [6, 6.07) is -0.853. The Morgan fingerprint density at radius 3 is 2.00 bits per heavy atom. The second kappa shape index (κ2) is 14.5. The zero-order valence-corrected chi connectivity index (χ0v) is 14.7. The number of carboxylic acids is 1. The third-order valence-corrected chi connectivity index (χ3v) is 3.94. The van der Waals surface area contributed by atoms with Crippen molar-refractivity contribution in [2.75, 3.05) is 13.2 Å². The number of aliphatic hydroxyl groups is 1. The molecule has 0 aromatic rings. The monoisotopic (exact) mass is 330 g/mol. The SMILES string of the molecule is CCCCCCCCCCCC(=O)NN(CCO)[C@@H](C)C(=O)O. The van der Waals surface area contributed by atoms with Crippen LogP contribution in [0.3, 0.4) is 0 Å². The van der Waals surface area contributed by atoms with E-state index in [1.54, 1.807) is 0 Å². The molecule has 0 radical (unpaired) electrons. The molecule has 0 bridgehead atoms.